The van der Waals surface area contributed by atoms with Crippen LogP contribution in [0, 0.1) is 0 Å². The van der Waals surface area contributed by atoms with E-state index in [0.29, 0.717) is 32.8 Å². The summed E-state index contributed by atoms with van der Waals surface area (Å²) in [6.07, 6.45) is 1.87. The SMILES string of the molecule is CSc1nc(N)cc(Sc2nc(N)cc(N)n2)n1. The van der Waals surface area contributed by atoms with Crippen molar-refractivity contribution in [2.24, 2.45) is 0 Å². The minimum absolute atomic E-state index is 0.317. The third-order valence-corrected chi connectivity index (χ3v) is 3.16. The third-order valence-electron chi connectivity index (χ3n) is 1.83. The lowest BCUT2D eigenvalue weighted by atomic mass is 10.5. The molecule has 2 aromatic rings. The Hall–Kier alpha value is -1.74. The Kier molecular flexibility index (Phi) is 3.72. The van der Waals surface area contributed by atoms with Gasteiger partial charge in [0, 0.05) is 12.1 Å². The minimum atomic E-state index is 0.317. The number of nitrogens with two attached hydrogens (primary N) is 3. The van der Waals surface area contributed by atoms with Crippen molar-refractivity contribution < 1.29 is 0 Å². The first kappa shape index (κ1) is 12.7. The highest BCUT2D eigenvalue weighted by atomic mass is 32.2. The van der Waals surface area contributed by atoms with E-state index in [4.69, 9.17) is 17.2 Å². The maximum Gasteiger partial charge on any atom is 0.197 e. The van der Waals surface area contributed by atoms with Crippen molar-refractivity contribution in [3.63, 3.8) is 0 Å². The Morgan fingerprint density at radius 1 is 0.833 bits per heavy atom. The van der Waals surface area contributed by atoms with Crippen LogP contribution in [0.15, 0.2) is 27.5 Å². The minimum Gasteiger partial charge on any atom is -0.384 e. The molecule has 0 bridgehead atoms. The van der Waals surface area contributed by atoms with E-state index < -0.39 is 0 Å². The monoisotopic (exact) mass is 281 g/mol. The van der Waals surface area contributed by atoms with Gasteiger partial charge < -0.3 is 17.2 Å². The van der Waals surface area contributed by atoms with E-state index in [2.05, 4.69) is 19.9 Å². The van der Waals surface area contributed by atoms with E-state index in [0.717, 1.165) is 0 Å². The van der Waals surface area contributed by atoms with E-state index in [-0.39, 0.29) is 0 Å². The van der Waals surface area contributed by atoms with Crippen LogP contribution in [0.25, 0.3) is 0 Å². The maximum atomic E-state index is 5.68. The maximum absolute atomic E-state index is 5.68. The molecule has 7 nitrogen and oxygen atoms in total. The van der Waals surface area contributed by atoms with Gasteiger partial charge in [-0.2, -0.15) is 0 Å². The van der Waals surface area contributed by atoms with Crippen LogP contribution in [0.5, 0.6) is 0 Å². The Bertz CT molecular complexity index is 555. The van der Waals surface area contributed by atoms with Crippen LogP contribution >= 0.6 is 23.5 Å². The van der Waals surface area contributed by atoms with Crippen LogP contribution in [0.2, 0.25) is 0 Å². The summed E-state index contributed by atoms with van der Waals surface area (Å²) in [6, 6.07) is 3.14. The largest absolute Gasteiger partial charge is 0.384 e. The van der Waals surface area contributed by atoms with Crippen LogP contribution in [0.4, 0.5) is 17.5 Å². The summed E-state index contributed by atoms with van der Waals surface area (Å²) in [4.78, 5) is 16.4. The molecule has 0 aliphatic carbocycles. The van der Waals surface area contributed by atoms with Crippen LogP contribution in [0.3, 0.4) is 0 Å². The zero-order valence-electron chi connectivity index (χ0n) is 9.49. The molecule has 0 aliphatic heterocycles. The summed E-state index contributed by atoms with van der Waals surface area (Å²) < 4.78 is 0. The van der Waals surface area contributed by atoms with Crippen LogP contribution < -0.4 is 17.2 Å². The van der Waals surface area contributed by atoms with E-state index in [1.807, 2.05) is 6.26 Å². The molecule has 0 saturated heterocycles. The Balaban J connectivity index is 2.30. The highest BCUT2D eigenvalue weighted by Crippen LogP contribution is 2.26. The lowest BCUT2D eigenvalue weighted by Gasteiger charge is -2.04. The van der Waals surface area contributed by atoms with Gasteiger partial charge in [-0.15, -0.1) is 0 Å². The van der Waals surface area contributed by atoms with Gasteiger partial charge in [0.25, 0.3) is 0 Å². The standard InChI is InChI=1S/C9H11N7S2/c1-17-8-13-6(12)3-7(16-8)18-9-14-4(10)2-5(11)15-9/h2-3H,1H3,(H2,12,13,16)(H4,10,11,14,15). The molecular weight excluding hydrogens is 270 g/mol. The molecule has 0 radical (unpaired) electrons. The van der Waals surface area contributed by atoms with Gasteiger partial charge in [-0.25, -0.2) is 19.9 Å². The fourth-order valence-corrected chi connectivity index (χ4v) is 2.41. The predicted molar refractivity (Wildman–Crippen MR) is 73.2 cm³/mol. The van der Waals surface area contributed by atoms with Crippen molar-refractivity contribution in [2.75, 3.05) is 23.5 Å². The first-order valence-electron chi connectivity index (χ1n) is 4.83. The van der Waals surface area contributed by atoms with Crippen molar-refractivity contribution in [3.8, 4) is 0 Å². The third kappa shape index (κ3) is 3.14. The predicted octanol–water partition coefficient (Wildman–Crippen LogP) is 0.886. The summed E-state index contributed by atoms with van der Waals surface area (Å²) >= 11 is 2.64. The average molecular weight is 281 g/mol. The van der Waals surface area contributed by atoms with Gasteiger partial charge in [0.2, 0.25) is 0 Å². The number of anilines is 3. The Morgan fingerprint density at radius 3 is 2.00 bits per heavy atom. The second-order valence-electron chi connectivity index (χ2n) is 3.22. The molecule has 9 heteroatoms. The van der Waals surface area contributed by atoms with Gasteiger partial charge in [0.1, 0.15) is 22.5 Å². The molecule has 2 rings (SSSR count). The molecule has 0 aliphatic rings. The number of nitrogen functional groups attached to an aromatic ring is 3. The van der Waals surface area contributed by atoms with E-state index in [9.17, 15) is 0 Å². The van der Waals surface area contributed by atoms with Crippen LogP contribution in [-0.2, 0) is 0 Å². The molecule has 18 heavy (non-hydrogen) atoms. The molecule has 0 aromatic carbocycles. The molecule has 2 aromatic heterocycles. The molecule has 94 valence electrons. The lowest BCUT2D eigenvalue weighted by molar-refractivity contribution is 0.894. The molecule has 0 atom stereocenters. The Labute approximate surface area is 112 Å². The molecule has 0 saturated carbocycles. The fraction of sp³-hybridized carbons (Fsp3) is 0.111. The highest BCUT2D eigenvalue weighted by molar-refractivity contribution is 7.99. The van der Waals surface area contributed by atoms with Crippen molar-refractivity contribution in [3.05, 3.63) is 12.1 Å². The van der Waals surface area contributed by atoms with E-state index in [1.165, 1.54) is 29.6 Å². The number of thioether (sulfide) groups is 1. The lowest BCUT2D eigenvalue weighted by Crippen LogP contribution is -2.00. The van der Waals surface area contributed by atoms with Gasteiger partial charge in [0.05, 0.1) is 0 Å². The van der Waals surface area contributed by atoms with E-state index in [1.54, 1.807) is 6.07 Å². The number of hydrogen-bond donors (Lipinski definition) is 3. The topological polar surface area (TPSA) is 130 Å². The molecule has 0 spiro atoms. The summed E-state index contributed by atoms with van der Waals surface area (Å²) in [6.45, 7) is 0. The Morgan fingerprint density at radius 2 is 1.39 bits per heavy atom. The fourth-order valence-electron chi connectivity index (χ4n) is 1.17. The number of nitrogens with zero attached hydrogens (tertiary/aromatic N) is 4. The molecule has 0 fully saturated rings. The zero-order valence-corrected chi connectivity index (χ0v) is 11.1. The summed E-state index contributed by atoms with van der Waals surface area (Å²) in [7, 11) is 0. The van der Waals surface area contributed by atoms with Crippen molar-refractivity contribution >= 4 is 41.0 Å². The molecule has 0 amide bonds. The van der Waals surface area contributed by atoms with Crippen LogP contribution in [-0.4, -0.2) is 26.2 Å². The molecule has 0 unspecified atom stereocenters. The number of aromatic nitrogens is 4. The summed E-state index contributed by atoms with van der Waals surface area (Å²) in [5.41, 5.74) is 16.9. The summed E-state index contributed by atoms with van der Waals surface area (Å²) in [5, 5.41) is 1.67. The van der Waals surface area contributed by atoms with Crippen molar-refractivity contribution in [1.29, 1.82) is 0 Å². The molecular formula is C9H11N7S2. The molecule has 6 N–H and O–H groups in total. The van der Waals surface area contributed by atoms with Gasteiger partial charge >= 0.3 is 0 Å². The average Bonchev–Trinajstić information content (AvgIpc) is 2.26. The second-order valence-corrected chi connectivity index (χ2v) is 4.98. The number of hydrogen-bond acceptors (Lipinski definition) is 9. The number of rotatable bonds is 3. The zero-order chi connectivity index (χ0) is 13.1. The van der Waals surface area contributed by atoms with Crippen LogP contribution in [0.1, 0.15) is 0 Å². The summed E-state index contributed by atoms with van der Waals surface area (Å²) in [5.74, 6) is 1.03. The van der Waals surface area contributed by atoms with Gasteiger partial charge in [-0.3, -0.25) is 0 Å². The van der Waals surface area contributed by atoms with Crippen molar-refractivity contribution in [1.82, 2.24) is 19.9 Å². The van der Waals surface area contributed by atoms with Gasteiger partial charge in [-0.1, -0.05) is 11.8 Å². The first-order valence-corrected chi connectivity index (χ1v) is 6.87. The normalized spacial score (nSPS) is 10.5. The second kappa shape index (κ2) is 5.27. The first-order chi connectivity index (χ1) is 8.56. The van der Waals surface area contributed by atoms with Gasteiger partial charge in [0.15, 0.2) is 10.3 Å². The smallest absolute Gasteiger partial charge is 0.197 e. The van der Waals surface area contributed by atoms with Crippen molar-refractivity contribution in [2.45, 2.75) is 15.3 Å². The highest BCUT2D eigenvalue weighted by Gasteiger charge is 2.07. The van der Waals surface area contributed by atoms with Gasteiger partial charge in [-0.05, 0) is 18.0 Å². The van der Waals surface area contributed by atoms with E-state index >= 15 is 0 Å². The molecule has 2 heterocycles. The quantitative estimate of drug-likeness (QED) is 0.426.